The molecule has 30 heavy (non-hydrogen) atoms. The molecule has 9 heteroatoms. The zero-order valence-corrected chi connectivity index (χ0v) is 17.4. The molecule has 2 aliphatic heterocycles. The summed E-state index contributed by atoms with van der Waals surface area (Å²) in [4.78, 5) is 6.58. The van der Waals surface area contributed by atoms with Crippen LogP contribution in [-0.2, 0) is 4.74 Å². The summed E-state index contributed by atoms with van der Waals surface area (Å²) in [6, 6.07) is 4.34. The molecule has 0 bridgehead atoms. The summed E-state index contributed by atoms with van der Waals surface area (Å²) in [5.74, 6) is 1.58. The molecule has 2 unspecified atom stereocenters. The van der Waals surface area contributed by atoms with Gasteiger partial charge in [-0.1, -0.05) is 0 Å². The van der Waals surface area contributed by atoms with E-state index in [4.69, 9.17) is 15.6 Å². The third-order valence-corrected chi connectivity index (χ3v) is 6.42. The molecule has 2 aromatic rings. The second kappa shape index (κ2) is 6.88. The minimum atomic E-state index is -3.33. The molecule has 3 aliphatic rings. The smallest absolute Gasteiger partial charge is 0.395 e. The van der Waals surface area contributed by atoms with Crippen molar-refractivity contribution in [2.75, 3.05) is 32.0 Å². The molecular formula is C21H27F2N5O2. The number of likely N-dealkylation sites (tertiary alicyclic amines) is 1. The number of halogens is 2. The number of nitrogen functional groups attached to an aromatic ring is 1. The number of ether oxygens (including phenoxy) is 2. The van der Waals surface area contributed by atoms with E-state index in [1.54, 1.807) is 6.20 Å². The first-order chi connectivity index (χ1) is 14.2. The van der Waals surface area contributed by atoms with Gasteiger partial charge >= 0.3 is 6.11 Å². The molecule has 1 aliphatic carbocycles. The predicted octanol–water partition coefficient (Wildman–Crippen LogP) is 3.14. The summed E-state index contributed by atoms with van der Waals surface area (Å²) < 4.78 is 38.7. The van der Waals surface area contributed by atoms with Crippen LogP contribution in [0.2, 0.25) is 0 Å². The summed E-state index contributed by atoms with van der Waals surface area (Å²) in [5, 5.41) is 4.78. The SMILES string of the molecule is CC(C)n1nc(-c2cnc(N)c(OC(C)(F)F)c2)cc1C1C2CN(C3COC3)C[C@@H]21. The number of rotatable bonds is 6. The Balaban J connectivity index is 1.40. The maximum absolute atomic E-state index is 13.3. The first kappa shape index (κ1) is 19.7. The molecule has 0 amide bonds. The van der Waals surface area contributed by atoms with E-state index in [1.165, 1.54) is 11.8 Å². The third kappa shape index (κ3) is 3.43. The molecule has 0 radical (unpaired) electrons. The van der Waals surface area contributed by atoms with Crippen molar-refractivity contribution in [2.45, 2.75) is 44.9 Å². The number of hydrogen-bond donors (Lipinski definition) is 1. The average molecular weight is 419 g/mol. The molecule has 3 fully saturated rings. The van der Waals surface area contributed by atoms with Crippen molar-refractivity contribution in [1.29, 1.82) is 0 Å². The van der Waals surface area contributed by atoms with Gasteiger partial charge in [-0.2, -0.15) is 13.9 Å². The molecule has 4 heterocycles. The lowest BCUT2D eigenvalue weighted by molar-refractivity contribution is -0.158. The van der Waals surface area contributed by atoms with Crippen molar-refractivity contribution < 1.29 is 18.3 Å². The molecule has 162 valence electrons. The van der Waals surface area contributed by atoms with Crippen molar-refractivity contribution in [1.82, 2.24) is 19.7 Å². The van der Waals surface area contributed by atoms with Crippen LogP contribution < -0.4 is 10.5 Å². The van der Waals surface area contributed by atoms with Gasteiger partial charge < -0.3 is 15.2 Å². The Morgan fingerprint density at radius 1 is 1.23 bits per heavy atom. The fraction of sp³-hybridized carbons (Fsp3) is 0.619. The molecule has 0 aromatic carbocycles. The Bertz CT molecular complexity index is 941. The summed E-state index contributed by atoms with van der Waals surface area (Å²) >= 11 is 0. The van der Waals surface area contributed by atoms with Gasteiger partial charge in [-0.3, -0.25) is 9.58 Å². The van der Waals surface area contributed by atoms with Gasteiger partial charge in [0, 0.05) is 49.4 Å². The number of nitrogens with two attached hydrogens (primary N) is 1. The van der Waals surface area contributed by atoms with Gasteiger partial charge in [0.2, 0.25) is 0 Å². The first-order valence-electron chi connectivity index (χ1n) is 10.4. The van der Waals surface area contributed by atoms with E-state index >= 15 is 0 Å². The maximum atomic E-state index is 13.3. The van der Waals surface area contributed by atoms with E-state index < -0.39 is 6.11 Å². The Kier molecular flexibility index (Phi) is 4.52. The molecule has 5 rings (SSSR count). The van der Waals surface area contributed by atoms with Crippen LogP contribution in [0.25, 0.3) is 11.3 Å². The summed E-state index contributed by atoms with van der Waals surface area (Å²) in [7, 11) is 0. The molecule has 0 spiro atoms. The highest BCUT2D eigenvalue weighted by atomic mass is 19.3. The average Bonchev–Trinajstić information content (AvgIpc) is 2.97. The second-order valence-corrected chi connectivity index (χ2v) is 9.01. The number of piperidine rings is 1. The van der Waals surface area contributed by atoms with Crippen LogP contribution >= 0.6 is 0 Å². The molecule has 2 aromatic heterocycles. The fourth-order valence-corrected chi connectivity index (χ4v) is 4.81. The first-order valence-corrected chi connectivity index (χ1v) is 10.4. The van der Waals surface area contributed by atoms with Crippen LogP contribution in [0.5, 0.6) is 5.75 Å². The molecule has 3 atom stereocenters. The van der Waals surface area contributed by atoms with Gasteiger partial charge in [-0.25, -0.2) is 4.98 Å². The van der Waals surface area contributed by atoms with Crippen LogP contribution in [0.3, 0.4) is 0 Å². The largest absolute Gasteiger partial charge is 0.429 e. The zero-order valence-electron chi connectivity index (χ0n) is 17.4. The van der Waals surface area contributed by atoms with Crippen molar-refractivity contribution in [3.63, 3.8) is 0 Å². The van der Waals surface area contributed by atoms with Crippen LogP contribution in [0.15, 0.2) is 18.3 Å². The Morgan fingerprint density at radius 3 is 2.50 bits per heavy atom. The number of hydrogen-bond acceptors (Lipinski definition) is 6. The Morgan fingerprint density at radius 2 is 1.93 bits per heavy atom. The third-order valence-electron chi connectivity index (χ3n) is 6.42. The number of aromatic nitrogens is 3. The molecule has 2 N–H and O–H groups in total. The quantitative estimate of drug-likeness (QED) is 0.775. The van der Waals surface area contributed by atoms with Crippen LogP contribution in [0.1, 0.15) is 38.4 Å². The standard InChI is InChI=1S/C21H27F2N5O2/c1-11(2)28-17(19-14-7-27(8-15(14)19)13-9-29-10-13)5-16(26-28)12-4-18(20(24)25-6-12)30-21(3,22)23/h4-6,11,13-15,19H,7-10H2,1-3H3,(H2,24,25)/t14-,15?,19?/m0/s1. The number of fused-ring (bicyclic) bond motifs is 1. The van der Waals surface area contributed by atoms with Gasteiger partial charge in [0.1, 0.15) is 0 Å². The summed E-state index contributed by atoms with van der Waals surface area (Å²) in [5.41, 5.74) is 8.24. The Labute approximate surface area is 174 Å². The minimum absolute atomic E-state index is 0.0689. The number of pyridine rings is 1. The summed E-state index contributed by atoms with van der Waals surface area (Å²) in [6.45, 7) is 8.79. The number of alkyl halides is 2. The number of nitrogens with zero attached hydrogens (tertiary/aromatic N) is 4. The highest BCUT2D eigenvalue weighted by Crippen LogP contribution is 2.59. The van der Waals surface area contributed by atoms with E-state index in [2.05, 4.69) is 39.2 Å². The Hall–Kier alpha value is -2.26. The van der Waals surface area contributed by atoms with Gasteiger partial charge in [-0.05, 0) is 37.8 Å². The van der Waals surface area contributed by atoms with Gasteiger partial charge in [-0.15, -0.1) is 0 Å². The van der Waals surface area contributed by atoms with Gasteiger partial charge in [0.25, 0.3) is 0 Å². The van der Waals surface area contributed by atoms with Crippen molar-refractivity contribution in [3.8, 4) is 17.0 Å². The topological polar surface area (TPSA) is 78.4 Å². The van der Waals surface area contributed by atoms with Crippen LogP contribution in [0, 0.1) is 11.8 Å². The predicted molar refractivity (Wildman–Crippen MR) is 107 cm³/mol. The van der Waals surface area contributed by atoms with Gasteiger partial charge in [0.05, 0.1) is 24.9 Å². The lowest BCUT2D eigenvalue weighted by Crippen LogP contribution is -2.48. The second-order valence-electron chi connectivity index (χ2n) is 9.01. The highest BCUT2D eigenvalue weighted by molar-refractivity contribution is 5.64. The van der Waals surface area contributed by atoms with E-state index in [0.29, 0.717) is 42.0 Å². The van der Waals surface area contributed by atoms with Crippen molar-refractivity contribution >= 4 is 5.82 Å². The normalized spacial score (nSPS) is 26.7. The molecule has 7 nitrogen and oxygen atoms in total. The lowest BCUT2D eigenvalue weighted by atomic mass is 10.1. The molecular weight excluding hydrogens is 392 g/mol. The van der Waals surface area contributed by atoms with Crippen LogP contribution in [-0.4, -0.2) is 58.1 Å². The van der Waals surface area contributed by atoms with Crippen LogP contribution in [0.4, 0.5) is 14.6 Å². The van der Waals surface area contributed by atoms with Gasteiger partial charge in [0.15, 0.2) is 11.6 Å². The fourth-order valence-electron chi connectivity index (χ4n) is 4.81. The van der Waals surface area contributed by atoms with E-state index in [0.717, 1.165) is 26.3 Å². The number of anilines is 1. The highest BCUT2D eigenvalue weighted by Gasteiger charge is 2.58. The van der Waals surface area contributed by atoms with E-state index in [1.807, 2.05) is 0 Å². The summed E-state index contributed by atoms with van der Waals surface area (Å²) in [6.07, 6.45) is -1.78. The lowest BCUT2D eigenvalue weighted by Gasteiger charge is -2.35. The van der Waals surface area contributed by atoms with Crippen molar-refractivity contribution in [3.05, 3.63) is 24.0 Å². The molecule has 2 saturated heterocycles. The van der Waals surface area contributed by atoms with E-state index in [-0.39, 0.29) is 17.6 Å². The zero-order chi connectivity index (χ0) is 21.2. The monoisotopic (exact) mass is 419 g/mol. The molecule has 1 saturated carbocycles. The maximum Gasteiger partial charge on any atom is 0.395 e. The van der Waals surface area contributed by atoms with Crippen molar-refractivity contribution in [2.24, 2.45) is 11.8 Å². The minimum Gasteiger partial charge on any atom is -0.429 e. The van der Waals surface area contributed by atoms with E-state index in [9.17, 15) is 8.78 Å².